The van der Waals surface area contributed by atoms with Crippen LogP contribution in [0.25, 0.3) is 0 Å². The molecular formula is C22H25ClN2O. The van der Waals surface area contributed by atoms with Crippen LogP contribution >= 0.6 is 11.6 Å². The van der Waals surface area contributed by atoms with E-state index in [0.29, 0.717) is 10.9 Å². The number of nitrogens with zero attached hydrogens (tertiary/aromatic N) is 2. The molecule has 0 amide bonds. The van der Waals surface area contributed by atoms with Crippen LogP contribution in [0, 0.1) is 5.92 Å². The van der Waals surface area contributed by atoms with Gasteiger partial charge in [-0.15, -0.1) is 0 Å². The topological polar surface area (TPSA) is 33.2 Å². The Morgan fingerprint density at radius 2 is 2.00 bits per heavy atom. The zero-order valence-electron chi connectivity index (χ0n) is 15.4. The van der Waals surface area contributed by atoms with Crippen LogP contribution in [0.3, 0.4) is 0 Å². The van der Waals surface area contributed by atoms with E-state index in [1.807, 2.05) is 0 Å². The SMILES string of the molecule is CC(=O)[C@H]1CC(C2c3ccccc3CCc3cc(Cl)cnc32)CCN1C. The number of aryl methyl sites for hydroxylation is 2. The number of likely N-dealkylation sites (tertiary alicyclic amines) is 1. The minimum atomic E-state index is 0.0138. The number of Topliss-reactive ketones (excluding diaryl/α,β-unsaturated/α-hetero) is 1. The average molecular weight is 369 g/mol. The van der Waals surface area contributed by atoms with Crippen molar-refractivity contribution < 1.29 is 4.79 Å². The maximum atomic E-state index is 12.2. The Morgan fingerprint density at radius 3 is 2.81 bits per heavy atom. The van der Waals surface area contributed by atoms with Gasteiger partial charge in [0.2, 0.25) is 0 Å². The average Bonchev–Trinajstić information content (AvgIpc) is 2.79. The first-order chi connectivity index (χ1) is 12.5. The van der Waals surface area contributed by atoms with Crippen molar-refractivity contribution in [1.29, 1.82) is 0 Å². The lowest BCUT2D eigenvalue weighted by molar-refractivity contribution is -0.123. The Morgan fingerprint density at radius 1 is 1.23 bits per heavy atom. The first-order valence-corrected chi connectivity index (χ1v) is 9.85. The summed E-state index contributed by atoms with van der Waals surface area (Å²) in [4.78, 5) is 19.2. The second-order valence-electron chi connectivity index (χ2n) is 7.77. The third-order valence-electron chi connectivity index (χ3n) is 6.17. The molecule has 136 valence electrons. The van der Waals surface area contributed by atoms with E-state index in [0.717, 1.165) is 37.9 Å². The smallest absolute Gasteiger partial charge is 0.146 e. The van der Waals surface area contributed by atoms with Gasteiger partial charge in [0.25, 0.3) is 0 Å². The molecule has 26 heavy (non-hydrogen) atoms. The molecule has 1 aromatic heterocycles. The number of likely N-dealkylation sites (N-methyl/N-ethyl adjacent to an activating group) is 1. The van der Waals surface area contributed by atoms with E-state index in [-0.39, 0.29) is 17.7 Å². The van der Waals surface area contributed by atoms with Gasteiger partial charge in [0.15, 0.2) is 0 Å². The van der Waals surface area contributed by atoms with E-state index in [2.05, 4.69) is 42.3 Å². The highest BCUT2D eigenvalue weighted by Gasteiger charge is 2.37. The summed E-state index contributed by atoms with van der Waals surface area (Å²) in [6, 6.07) is 10.9. The molecule has 2 aromatic rings. The van der Waals surface area contributed by atoms with Crippen molar-refractivity contribution in [2.24, 2.45) is 5.92 Å². The predicted octanol–water partition coefficient (Wildman–Crippen LogP) is 4.26. The Balaban J connectivity index is 1.80. The number of fused-ring (bicyclic) bond motifs is 2. The van der Waals surface area contributed by atoms with Gasteiger partial charge in [-0.25, -0.2) is 0 Å². The Bertz CT molecular complexity index is 835. The van der Waals surface area contributed by atoms with Crippen LogP contribution in [0.15, 0.2) is 36.5 Å². The molecule has 0 bridgehead atoms. The molecule has 4 rings (SSSR count). The summed E-state index contributed by atoms with van der Waals surface area (Å²) in [5.41, 5.74) is 5.22. The van der Waals surface area contributed by atoms with Crippen molar-refractivity contribution in [2.45, 2.75) is 44.6 Å². The van der Waals surface area contributed by atoms with Gasteiger partial charge in [-0.2, -0.15) is 0 Å². The minimum Gasteiger partial charge on any atom is -0.298 e. The summed E-state index contributed by atoms with van der Waals surface area (Å²) in [6.45, 7) is 2.67. The number of hydrogen-bond donors (Lipinski definition) is 0. The highest BCUT2D eigenvalue weighted by molar-refractivity contribution is 6.30. The molecule has 1 aromatic carbocycles. The predicted molar refractivity (Wildman–Crippen MR) is 105 cm³/mol. The summed E-state index contributed by atoms with van der Waals surface area (Å²) in [6.07, 6.45) is 5.75. The number of halogens is 1. The summed E-state index contributed by atoms with van der Waals surface area (Å²) in [5, 5.41) is 0.707. The first kappa shape index (κ1) is 17.7. The highest BCUT2D eigenvalue weighted by Crippen LogP contribution is 2.43. The molecule has 4 heteroatoms. The second-order valence-corrected chi connectivity index (χ2v) is 8.20. The monoisotopic (exact) mass is 368 g/mol. The number of carbonyl (C=O) groups excluding carboxylic acids is 1. The normalized spacial score (nSPS) is 25.9. The van der Waals surface area contributed by atoms with E-state index in [1.54, 1.807) is 13.1 Å². The second kappa shape index (κ2) is 7.13. The van der Waals surface area contributed by atoms with E-state index >= 15 is 0 Å². The molecule has 3 atom stereocenters. The minimum absolute atomic E-state index is 0.0138. The van der Waals surface area contributed by atoms with Crippen molar-refractivity contribution in [2.75, 3.05) is 13.6 Å². The van der Waals surface area contributed by atoms with Gasteiger partial charge in [-0.05, 0) is 74.9 Å². The maximum Gasteiger partial charge on any atom is 0.146 e. The molecule has 2 heterocycles. The number of pyridine rings is 1. The van der Waals surface area contributed by atoms with Gasteiger partial charge in [0.05, 0.1) is 16.8 Å². The van der Waals surface area contributed by atoms with Crippen molar-refractivity contribution in [3.05, 3.63) is 63.9 Å². The summed E-state index contributed by atoms with van der Waals surface area (Å²) >= 11 is 6.24. The quantitative estimate of drug-likeness (QED) is 0.793. The molecule has 1 aliphatic carbocycles. The van der Waals surface area contributed by atoms with Crippen LogP contribution in [0.4, 0.5) is 0 Å². The lowest BCUT2D eigenvalue weighted by Gasteiger charge is -2.39. The summed E-state index contributed by atoms with van der Waals surface area (Å²) < 4.78 is 0. The third kappa shape index (κ3) is 3.19. The third-order valence-corrected chi connectivity index (χ3v) is 6.37. The molecule has 2 unspecified atom stereocenters. The molecule has 0 radical (unpaired) electrons. The number of carbonyl (C=O) groups is 1. The van der Waals surface area contributed by atoms with Gasteiger partial charge >= 0.3 is 0 Å². The van der Waals surface area contributed by atoms with Gasteiger partial charge in [0.1, 0.15) is 5.78 Å². The zero-order valence-corrected chi connectivity index (χ0v) is 16.2. The van der Waals surface area contributed by atoms with Crippen LogP contribution < -0.4 is 0 Å². The van der Waals surface area contributed by atoms with Gasteiger partial charge in [-0.1, -0.05) is 35.9 Å². The van der Waals surface area contributed by atoms with E-state index < -0.39 is 0 Å². The fourth-order valence-electron chi connectivity index (χ4n) is 4.82. The van der Waals surface area contributed by atoms with E-state index in [9.17, 15) is 4.79 Å². The lowest BCUT2D eigenvalue weighted by atomic mass is 9.74. The summed E-state index contributed by atoms with van der Waals surface area (Å²) in [5.74, 6) is 0.937. The number of aromatic nitrogens is 1. The molecule has 0 saturated carbocycles. The molecule has 1 saturated heterocycles. The number of benzene rings is 1. The summed E-state index contributed by atoms with van der Waals surface area (Å²) in [7, 11) is 2.06. The number of hydrogen-bond acceptors (Lipinski definition) is 3. The van der Waals surface area contributed by atoms with Gasteiger partial charge in [0, 0.05) is 12.1 Å². The Labute approximate surface area is 160 Å². The van der Waals surface area contributed by atoms with E-state index in [4.69, 9.17) is 16.6 Å². The van der Waals surface area contributed by atoms with Gasteiger partial charge in [-0.3, -0.25) is 14.7 Å². The molecule has 1 fully saturated rings. The van der Waals surface area contributed by atoms with Crippen LogP contribution in [-0.4, -0.2) is 35.3 Å². The first-order valence-electron chi connectivity index (χ1n) is 9.47. The standard InChI is InChI=1S/C22H25ClN2O/c1-14(26)20-12-16(9-10-25(20)2)21-19-6-4-3-5-15(19)7-8-17-11-18(23)13-24-22(17)21/h3-6,11,13,16,20-21H,7-10,12H2,1-2H3/t16?,20-,21?/m1/s1. The molecule has 1 aliphatic heterocycles. The molecular weight excluding hydrogens is 344 g/mol. The van der Waals surface area contributed by atoms with Crippen LogP contribution in [0.5, 0.6) is 0 Å². The lowest BCUT2D eigenvalue weighted by Crippen LogP contribution is -2.45. The molecule has 3 nitrogen and oxygen atoms in total. The van der Waals surface area contributed by atoms with Crippen molar-refractivity contribution in [3.63, 3.8) is 0 Å². The number of rotatable bonds is 2. The fraction of sp³-hybridized carbons (Fsp3) is 0.455. The molecule has 0 N–H and O–H groups in total. The fourth-order valence-corrected chi connectivity index (χ4v) is 5.00. The van der Waals surface area contributed by atoms with E-state index in [1.165, 1.54) is 16.7 Å². The van der Waals surface area contributed by atoms with Crippen LogP contribution in [-0.2, 0) is 17.6 Å². The number of ketones is 1. The van der Waals surface area contributed by atoms with Crippen LogP contribution in [0.1, 0.15) is 48.1 Å². The Hall–Kier alpha value is -1.71. The zero-order chi connectivity index (χ0) is 18.3. The van der Waals surface area contributed by atoms with Crippen molar-refractivity contribution >= 4 is 17.4 Å². The largest absolute Gasteiger partial charge is 0.298 e. The van der Waals surface area contributed by atoms with Crippen LogP contribution in [0.2, 0.25) is 5.02 Å². The highest BCUT2D eigenvalue weighted by atomic mass is 35.5. The van der Waals surface area contributed by atoms with Gasteiger partial charge < -0.3 is 0 Å². The van der Waals surface area contributed by atoms with Crippen molar-refractivity contribution in [3.8, 4) is 0 Å². The Kier molecular flexibility index (Phi) is 4.85. The van der Waals surface area contributed by atoms with Crippen molar-refractivity contribution in [1.82, 2.24) is 9.88 Å². The molecule has 0 spiro atoms. The number of piperidine rings is 1. The maximum absolute atomic E-state index is 12.2. The molecule has 2 aliphatic rings.